The molecule has 2 heterocycles. The second-order valence-electron chi connectivity index (χ2n) is 4.64. The Balaban J connectivity index is 2.27. The molecule has 0 radical (unpaired) electrons. The van der Waals surface area contributed by atoms with Gasteiger partial charge in [-0.3, -0.25) is 4.79 Å². The molecule has 0 bridgehead atoms. The van der Waals surface area contributed by atoms with Crippen LogP contribution >= 0.6 is 15.9 Å². The van der Waals surface area contributed by atoms with E-state index in [0.29, 0.717) is 27.4 Å². The number of nitrogens with one attached hydrogen (secondary N) is 1. The fraction of sp³-hybridized carbons (Fsp3) is 0.133. The number of aryl methyl sites for hydroxylation is 2. The summed E-state index contributed by atoms with van der Waals surface area (Å²) in [6.45, 7) is 3.61. The highest BCUT2D eigenvalue weighted by Gasteiger charge is 2.17. The van der Waals surface area contributed by atoms with Crippen LogP contribution in [0.3, 0.4) is 0 Å². The second kappa shape index (κ2) is 5.29. The smallest absolute Gasteiger partial charge is 0.266 e. The number of aromatic nitrogens is 3. The Hall–Kier alpha value is -2.21. The quantitative estimate of drug-likeness (QED) is 0.771. The van der Waals surface area contributed by atoms with E-state index in [9.17, 15) is 4.79 Å². The molecule has 0 aliphatic heterocycles. The molecule has 0 fully saturated rings. The summed E-state index contributed by atoms with van der Waals surface area (Å²) in [5.41, 5.74) is 2.63. The van der Waals surface area contributed by atoms with Gasteiger partial charge in [0.1, 0.15) is 16.1 Å². The zero-order chi connectivity index (χ0) is 15.0. The summed E-state index contributed by atoms with van der Waals surface area (Å²) in [6.07, 6.45) is 0. The molecule has 0 unspecified atom stereocenters. The SMILES string of the molecule is Cc1noc(C)c1-c1nc(-c2ccccc2)c(Br)c(=O)[nH]1. The molecule has 0 atom stereocenters. The van der Waals surface area contributed by atoms with Crippen molar-refractivity contribution < 1.29 is 4.52 Å². The number of hydrogen-bond acceptors (Lipinski definition) is 4. The molecule has 0 amide bonds. The lowest BCUT2D eigenvalue weighted by Gasteiger charge is -2.06. The van der Waals surface area contributed by atoms with E-state index in [4.69, 9.17) is 4.52 Å². The zero-order valence-electron chi connectivity index (χ0n) is 11.5. The van der Waals surface area contributed by atoms with E-state index < -0.39 is 0 Å². The first-order chi connectivity index (χ1) is 10.1. The van der Waals surface area contributed by atoms with Crippen molar-refractivity contribution in [2.75, 3.05) is 0 Å². The Labute approximate surface area is 129 Å². The third-order valence-corrected chi connectivity index (χ3v) is 3.92. The molecule has 1 aromatic carbocycles. The molecule has 0 aliphatic carbocycles. The normalized spacial score (nSPS) is 10.8. The molecule has 5 nitrogen and oxygen atoms in total. The van der Waals surface area contributed by atoms with Crippen LogP contribution in [0.15, 0.2) is 44.1 Å². The van der Waals surface area contributed by atoms with Gasteiger partial charge in [0.25, 0.3) is 5.56 Å². The summed E-state index contributed by atoms with van der Waals surface area (Å²) in [6, 6.07) is 9.54. The highest BCUT2D eigenvalue weighted by Crippen LogP contribution is 2.28. The maximum Gasteiger partial charge on any atom is 0.266 e. The van der Waals surface area contributed by atoms with Gasteiger partial charge in [0, 0.05) is 5.56 Å². The van der Waals surface area contributed by atoms with Crippen LogP contribution in [0.4, 0.5) is 0 Å². The van der Waals surface area contributed by atoms with Gasteiger partial charge in [-0.2, -0.15) is 0 Å². The fourth-order valence-corrected chi connectivity index (χ4v) is 2.60. The summed E-state index contributed by atoms with van der Waals surface area (Å²) < 4.78 is 5.55. The Morgan fingerprint density at radius 1 is 1.19 bits per heavy atom. The average Bonchev–Trinajstić information content (AvgIpc) is 2.82. The molecule has 21 heavy (non-hydrogen) atoms. The van der Waals surface area contributed by atoms with Gasteiger partial charge in [0.15, 0.2) is 0 Å². The Morgan fingerprint density at radius 3 is 2.52 bits per heavy atom. The van der Waals surface area contributed by atoms with Crippen molar-refractivity contribution in [3.05, 3.63) is 56.6 Å². The van der Waals surface area contributed by atoms with Crippen LogP contribution < -0.4 is 5.56 Å². The van der Waals surface area contributed by atoms with Crippen molar-refractivity contribution in [2.24, 2.45) is 0 Å². The molecule has 2 aromatic heterocycles. The first-order valence-corrected chi connectivity index (χ1v) is 7.15. The van der Waals surface area contributed by atoms with Crippen molar-refractivity contribution >= 4 is 15.9 Å². The zero-order valence-corrected chi connectivity index (χ0v) is 13.1. The molecular weight excluding hydrogens is 334 g/mol. The first kappa shape index (κ1) is 13.8. The number of aromatic amines is 1. The highest BCUT2D eigenvalue weighted by molar-refractivity contribution is 9.10. The van der Waals surface area contributed by atoms with Crippen LogP contribution in [-0.4, -0.2) is 15.1 Å². The molecule has 0 aliphatic rings. The van der Waals surface area contributed by atoms with Crippen LogP contribution in [0, 0.1) is 13.8 Å². The van der Waals surface area contributed by atoms with E-state index in [1.807, 2.05) is 37.3 Å². The predicted octanol–water partition coefficient (Wildman–Crippen LogP) is 3.47. The topological polar surface area (TPSA) is 71.8 Å². The standard InChI is InChI=1S/C15H12BrN3O2/c1-8-11(9(2)21-19-8)14-17-13(12(16)15(20)18-14)10-6-4-3-5-7-10/h3-7H,1-2H3,(H,17,18,20). The second-order valence-corrected chi connectivity index (χ2v) is 5.44. The van der Waals surface area contributed by atoms with E-state index in [0.717, 1.165) is 11.1 Å². The molecule has 0 saturated heterocycles. The van der Waals surface area contributed by atoms with Crippen molar-refractivity contribution in [1.29, 1.82) is 0 Å². The molecular formula is C15H12BrN3O2. The van der Waals surface area contributed by atoms with Crippen LogP contribution in [0.5, 0.6) is 0 Å². The number of hydrogen-bond donors (Lipinski definition) is 1. The van der Waals surface area contributed by atoms with E-state index in [2.05, 4.69) is 31.1 Å². The third-order valence-electron chi connectivity index (χ3n) is 3.18. The highest BCUT2D eigenvalue weighted by atomic mass is 79.9. The molecule has 3 aromatic rings. The lowest BCUT2D eigenvalue weighted by molar-refractivity contribution is 0.393. The summed E-state index contributed by atoms with van der Waals surface area (Å²) in [4.78, 5) is 19.5. The number of benzene rings is 1. The Morgan fingerprint density at radius 2 is 1.90 bits per heavy atom. The maximum atomic E-state index is 12.2. The molecule has 0 saturated carbocycles. The van der Waals surface area contributed by atoms with Gasteiger partial charge in [0.2, 0.25) is 0 Å². The van der Waals surface area contributed by atoms with Gasteiger partial charge in [-0.15, -0.1) is 0 Å². The first-order valence-electron chi connectivity index (χ1n) is 6.36. The van der Waals surface area contributed by atoms with Crippen LogP contribution in [0.25, 0.3) is 22.6 Å². The molecule has 0 spiro atoms. The Kier molecular flexibility index (Phi) is 3.47. The minimum atomic E-state index is -0.237. The largest absolute Gasteiger partial charge is 0.361 e. The molecule has 3 rings (SSSR count). The molecule has 106 valence electrons. The summed E-state index contributed by atoms with van der Waals surface area (Å²) in [5, 5.41) is 3.90. The summed E-state index contributed by atoms with van der Waals surface area (Å²) in [5.74, 6) is 1.08. The lowest BCUT2D eigenvalue weighted by atomic mass is 10.1. The van der Waals surface area contributed by atoms with Gasteiger partial charge < -0.3 is 9.51 Å². The lowest BCUT2D eigenvalue weighted by Crippen LogP contribution is -2.12. The predicted molar refractivity (Wildman–Crippen MR) is 83.0 cm³/mol. The Bertz CT molecular complexity index is 834. The van der Waals surface area contributed by atoms with Crippen molar-refractivity contribution in [1.82, 2.24) is 15.1 Å². The van der Waals surface area contributed by atoms with Crippen molar-refractivity contribution in [3.63, 3.8) is 0 Å². The van der Waals surface area contributed by atoms with Gasteiger partial charge in [-0.25, -0.2) is 4.98 Å². The van der Waals surface area contributed by atoms with Crippen LogP contribution in [-0.2, 0) is 0 Å². The number of H-pyrrole nitrogens is 1. The van der Waals surface area contributed by atoms with E-state index >= 15 is 0 Å². The van der Waals surface area contributed by atoms with E-state index in [1.54, 1.807) is 6.92 Å². The summed E-state index contributed by atoms with van der Waals surface area (Å²) >= 11 is 3.31. The monoisotopic (exact) mass is 345 g/mol. The third kappa shape index (κ3) is 2.42. The minimum absolute atomic E-state index is 0.237. The number of halogens is 1. The molecule has 1 N–H and O–H groups in total. The van der Waals surface area contributed by atoms with E-state index in [1.165, 1.54) is 0 Å². The molecule has 6 heteroatoms. The van der Waals surface area contributed by atoms with Gasteiger partial charge in [-0.1, -0.05) is 35.5 Å². The van der Waals surface area contributed by atoms with Crippen LogP contribution in [0.1, 0.15) is 11.5 Å². The van der Waals surface area contributed by atoms with Gasteiger partial charge in [-0.05, 0) is 29.8 Å². The number of rotatable bonds is 2. The number of nitrogens with zero attached hydrogens (tertiary/aromatic N) is 2. The van der Waals surface area contributed by atoms with Crippen molar-refractivity contribution in [2.45, 2.75) is 13.8 Å². The minimum Gasteiger partial charge on any atom is -0.361 e. The average molecular weight is 346 g/mol. The van der Waals surface area contributed by atoms with Crippen LogP contribution in [0.2, 0.25) is 0 Å². The van der Waals surface area contributed by atoms with E-state index in [-0.39, 0.29) is 5.56 Å². The van der Waals surface area contributed by atoms with Gasteiger partial charge >= 0.3 is 0 Å². The van der Waals surface area contributed by atoms with Crippen molar-refractivity contribution in [3.8, 4) is 22.6 Å². The summed E-state index contributed by atoms with van der Waals surface area (Å²) in [7, 11) is 0. The van der Waals surface area contributed by atoms with Gasteiger partial charge in [0.05, 0.1) is 17.0 Å². The maximum absolute atomic E-state index is 12.2. The fourth-order valence-electron chi connectivity index (χ4n) is 2.19.